The zero-order chi connectivity index (χ0) is 9.97. The first-order chi connectivity index (χ1) is 6.81. The van der Waals surface area contributed by atoms with Crippen LogP contribution in [0.3, 0.4) is 0 Å². The first kappa shape index (κ1) is 9.32. The number of fused-ring (bicyclic) bond motifs is 1. The summed E-state index contributed by atoms with van der Waals surface area (Å²) in [4.78, 5) is 3.50. The number of para-hydroxylation sites is 1. The van der Waals surface area contributed by atoms with Crippen LogP contribution in [0.25, 0.3) is 10.9 Å². The van der Waals surface area contributed by atoms with Crippen LogP contribution in [0, 0.1) is 6.92 Å². The lowest BCUT2D eigenvalue weighted by molar-refractivity contribution is 0.782. The summed E-state index contributed by atoms with van der Waals surface area (Å²) in [6, 6.07) is 8.73. The van der Waals surface area contributed by atoms with Gasteiger partial charge in [-0.25, -0.2) is 0 Å². The molecule has 0 atom stereocenters. The van der Waals surface area contributed by atoms with E-state index < -0.39 is 0 Å². The van der Waals surface area contributed by atoms with Gasteiger partial charge in [-0.2, -0.15) is 0 Å². The third-order valence-electron chi connectivity index (χ3n) is 2.72. The summed E-state index contributed by atoms with van der Waals surface area (Å²) in [6.45, 7) is 4.39. The molecule has 0 aliphatic carbocycles. The molecular formula is C13H17N. The smallest absolute Gasteiger partial charge is 0.0485 e. The molecule has 0 bridgehead atoms. The van der Waals surface area contributed by atoms with Gasteiger partial charge in [-0.1, -0.05) is 31.5 Å². The van der Waals surface area contributed by atoms with Crippen LogP contribution < -0.4 is 0 Å². The second-order valence-electron chi connectivity index (χ2n) is 3.94. The fourth-order valence-corrected chi connectivity index (χ4v) is 1.87. The fourth-order valence-electron chi connectivity index (χ4n) is 1.87. The molecule has 0 aliphatic rings. The molecule has 0 saturated carbocycles. The van der Waals surface area contributed by atoms with Crippen molar-refractivity contribution in [3.05, 3.63) is 35.5 Å². The number of nitrogens with one attached hydrogen (secondary N) is 1. The van der Waals surface area contributed by atoms with Crippen LogP contribution in [0.5, 0.6) is 0 Å². The number of rotatable bonds is 3. The van der Waals surface area contributed by atoms with E-state index in [0.717, 1.165) is 0 Å². The predicted octanol–water partition coefficient (Wildman–Crippen LogP) is 3.82. The summed E-state index contributed by atoms with van der Waals surface area (Å²) in [5.74, 6) is 0. The van der Waals surface area contributed by atoms with E-state index in [4.69, 9.17) is 0 Å². The number of hydrogen-bond acceptors (Lipinski definition) is 0. The van der Waals surface area contributed by atoms with Crippen LogP contribution in [-0.4, -0.2) is 4.98 Å². The third-order valence-corrected chi connectivity index (χ3v) is 2.72. The average molecular weight is 187 g/mol. The number of H-pyrrole nitrogens is 1. The number of hydrogen-bond donors (Lipinski definition) is 1. The van der Waals surface area contributed by atoms with Crippen LogP contribution in [0.1, 0.15) is 31.0 Å². The van der Waals surface area contributed by atoms with E-state index in [9.17, 15) is 0 Å². The van der Waals surface area contributed by atoms with Crippen LogP contribution >= 0.6 is 0 Å². The Bertz CT molecular complexity index is 426. The number of unbranched alkanes of at least 4 members (excludes halogenated alkanes) is 1. The van der Waals surface area contributed by atoms with Crippen molar-refractivity contribution in [2.75, 3.05) is 0 Å². The van der Waals surface area contributed by atoms with Crippen molar-refractivity contribution >= 4 is 10.9 Å². The first-order valence-corrected chi connectivity index (χ1v) is 5.38. The van der Waals surface area contributed by atoms with E-state index in [1.54, 1.807) is 0 Å². The van der Waals surface area contributed by atoms with E-state index in [1.165, 1.54) is 41.4 Å². The molecule has 0 aliphatic heterocycles. The molecule has 0 radical (unpaired) electrons. The molecule has 1 aromatic carbocycles. The summed E-state index contributed by atoms with van der Waals surface area (Å²) >= 11 is 0. The van der Waals surface area contributed by atoms with Gasteiger partial charge in [-0.05, 0) is 36.8 Å². The highest BCUT2D eigenvalue weighted by atomic mass is 14.7. The highest BCUT2D eigenvalue weighted by molar-refractivity contribution is 5.83. The molecule has 1 heterocycles. The lowest BCUT2D eigenvalue weighted by Crippen LogP contribution is -1.83. The molecule has 0 spiro atoms. The third kappa shape index (κ3) is 1.67. The van der Waals surface area contributed by atoms with Gasteiger partial charge in [-0.15, -0.1) is 0 Å². The quantitative estimate of drug-likeness (QED) is 0.752. The second kappa shape index (κ2) is 3.87. The molecule has 2 aromatic rings. The maximum atomic E-state index is 3.50. The number of benzene rings is 1. The van der Waals surface area contributed by atoms with Gasteiger partial charge in [0.05, 0.1) is 0 Å². The van der Waals surface area contributed by atoms with Crippen molar-refractivity contribution in [3.8, 4) is 0 Å². The van der Waals surface area contributed by atoms with Crippen LogP contribution in [-0.2, 0) is 6.42 Å². The van der Waals surface area contributed by atoms with Gasteiger partial charge in [0.25, 0.3) is 0 Å². The molecule has 0 unspecified atom stereocenters. The molecule has 1 N–H and O–H groups in total. The Morgan fingerprint density at radius 2 is 2.14 bits per heavy atom. The van der Waals surface area contributed by atoms with E-state index in [1.807, 2.05) is 0 Å². The fraction of sp³-hybridized carbons (Fsp3) is 0.385. The van der Waals surface area contributed by atoms with Crippen molar-refractivity contribution in [1.29, 1.82) is 0 Å². The van der Waals surface area contributed by atoms with Gasteiger partial charge in [0.15, 0.2) is 0 Å². The SMILES string of the molecule is CCCCc1cc2cccc(C)c2[nH]1. The summed E-state index contributed by atoms with van der Waals surface area (Å²) < 4.78 is 0. The lowest BCUT2D eigenvalue weighted by Gasteiger charge is -1.94. The zero-order valence-corrected chi connectivity index (χ0v) is 8.93. The highest BCUT2D eigenvalue weighted by Crippen LogP contribution is 2.19. The van der Waals surface area contributed by atoms with Crippen molar-refractivity contribution in [2.24, 2.45) is 0 Å². The van der Waals surface area contributed by atoms with Crippen LogP contribution in [0.15, 0.2) is 24.3 Å². The topological polar surface area (TPSA) is 15.8 Å². The van der Waals surface area contributed by atoms with Gasteiger partial charge in [-0.3, -0.25) is 0 Å². The molecule has 74 valence electrons. The van der Waals surface area contributed by atoms with Crippen LogP contribution in [0.2, 0.25) is 0 Å². The molecule has 1 nitrogen and oxygen atoms in total. The molecule has 0 saturated heterocycles. The molecule has 0 fully saturated rings. The van der Waals surface area contributed by atoms with E-state index in [-0.39, 0.29) is 0 Å². The van der Waals surface area contributed by atoms with Gasteiger partial charge in [0.2, 0.25) is 0 Å². The Labute approximate surface area is 85.1 Å². The average Bonchev–Trinajstić information content (AvgIpc) is 2.59. The number of aryl methyl sites for hydroxylation is 2. The molecule has 0 amide bonds. The molecular weight excluding hydrogens is 170 g/mol. The first-order valence-electron chi connectivity index (χ1n) is 5.38. The summed E-state index contributed by atoms with van der Waals surface area (Å²) in [5.41, 5.74) is 4.01. The lowest BCUT2D eigenvalue weighted by atomic mass is 10.1. The van der Waals surface area contributed by atoms with Crippen molar-refractivity contribution < 1.29 is 0 Å². The minimum absolute atomic E-state index is 1.17. The Morgan fingerprint density at radius 1 is 1.29 bits per heavy atom. The number of aromatic amines is 1. The van der Waals surface area contributed by atoms with E-state index >= 15 is 0 Å². The summed E-state index contributed by atoms with van der Waals surface area (Å²) in [7, 11) is 0. The Morgan fingerprint density at radius 3 is 2.86 bits per heavy atom. The maximum absolute atomic E-state index is 3.50. The van der Waals surface area contributed by atoms with Gasteiger partial charge >= 0.3 is 0 Å². The minimum Gasteiger partial charge on any atom is -0.358 e. The second-order valence-corrected chi connectivity index (χ2v) is 3.94. The molecule has 1 aromatic heterocycles. The summed E-state index contributed by atoms with van der Waals surface area (Å²) in [6.07, 6.45) is 3.70. The normalized spacial score (nSPS) is 11.0. The van der Waals surface area contributed by atoms with E-state index in [0.29, 0.717) is 0 Å². The van der Waals surface area contributed by atoms with Crippen LogP contribution in [0.4, 0.5) is 0 Å². The van der Waals surface area contributed by atoms with Crippen molar-refractivity contribution in [3.63, 3.8) is 0 Å². The molecule has 1 heteroatoms. The molecule has 14 heavy (non-hydrogen) atoms. The minimum atomic E-state index is 1.17. The van der Waals surface area contributed by atoms with Gasteiger partial charge < -0.3 is 4.98 Å². The largest absolute Gasteiger partial charge is 0.358 e. The Kier molecular flexibility index (Phi) is 2.58. The monoisotopic (exact) mass is 187 g/mol. The van der Waals surface area contributed by atoms with Crippen molar-refractivity contribution in [2.45, 2.75) is 33.1 Å². The van der Waals surface area contributed by atoms with E-state index in [2.05, 4.69) is 43.1 Å². The standard InChI is InChI=1S/C13H17N/c1-3-4-8-12-9-11-7-5-6-10(2)13(11)14-12/h5-7,9,14H,3-4,8H2,1-2H3. The molecule has 2 rings (SSSR count). The van der Waals surface area contributed by atoms with Crippen molar-refractivity contribution in [1.82, 2.24) is 4.98 Å². The maximum Gasteiger partial charge on any atom is 0.0485 e. The predicted molar refractivity (Wildman–Crippen MR) is 61.6 cm³/mol. The number of aromatic nitrogens is 1. The summed E-state index contributed by atoms with van der Waals surface area (Å²) in [5, 5.41) is 1.34. The Balaban J connectivity index is 2.36. The van der Waals surface area contributed by atoms with Gasteiger partial charge in [0, 0.05) is 11.2 Å². The van der Waals surface area contributed by atoms with Gasteiger partial charge in [0.1, 0.15) is 0 Å². The Hall–Kier alpha value is -1.24. The zero-order valence-electron chi connectivity index (χ0n) is 8.93. The highest BCUT2D eigenvalue weighted by Gasteiger charge is 2.01.